The Morgan fingerprint density at radius 1 is 1.08 bits per heavy atom. The minimum absolute atomic E-state index is 0.0136. The van der Waals surface area contributed by atoms with Crippen molar-refractivity contribution in [2.24, 2.45) is 0 Å². The molecule has 1 aromatic carbocycles. The van der Waals surface area contributed by atoms with Crippen LogP contribution in [0, 0.1) is 0 Å². The highest BCUT2D eigenvalue weighted by Gasteiger charge is 2.23. The Morgan fingerprint density at radius 3 is 2.35 bits per heavy atom. The summed E-state index contributed by atoms with van der Waals surface area (Å²) in [5.41, 5.74) is 2.08. The summed E-state index contributed by atoms with van der Waals surface area (Å²) < 4.78 is 0. The van der Waals surface area contributed by atoms with Crippen LogP contribution in [-0.4, -0.2) is 54.3 Å². The minimum Gasteiger partial charge on any atom is -0.335 e. The zero-order valence-corrected chi connectivity index (χ0v) is 16.1. The Labute approximate surface area is 158 Å². The van der Waals surface area contributed by atoms with Gasteiger partial charge < -0.3 is 10.2 Å². The van der Waals surface area contributed by atoms with Gasteiger partial charge in [0.15, 0.2) is 0 Å². The lowest BCUT2D eigenvalue weighted by Crippen LogP contribution is -2.50. The lowest BCUT2D eigenvalue weighted by atomic mass is 10.0. The van der Waals surface area contributed by atoms with Gasteiger partial charge in [0, 0.05) is 31.9 Å². The lowest BCUT2D eigenvalue weighted by molar-refractivity contribution is -0.117. The second-order valence-corrected chi connectivity index (χ2v) is 7.82. The van der Waals surface area contributed by atoms with Crippen molar-refractivity contribution in [3.63, 3.8) is 0 Å². The van der Waals surface area contributed by atoms with Crippen LogP contribution in [0.15, 0.2) is 41.8 Å². The van der Waals surface area contributed by atoms with Crippen LogP contribution in [0.5, 0.6) is 0 Å². The van der Waals surface area contributed by atoms with E-state index in [4.69, 9.17) is 0 Å². The number of carbonyl (C=O) groups is 2. The Kier molecular flexibility index (Phi) is 6.06. The summed E-state index contributed by atoms with van der Waals surface area (Å²) in [5.74, 6) is 0.558. The summed E-state index contributed by atoms with van der Waals surface area (Å²) >= 11 is 1.47. The quantitative estimate of drug-likeness (QED) is 0.878. The molecule has 1 aromatic heterocycles. The van der Waals surface area contributed by atoms with Crippen molar-refractivity contribution in [3.05, 3.63) is 52.2 Å². The Morgan fingerprint density at radius 2 is 1.77 bits per heavy atom. The van der Waals surface area contributed by atoms with Gasteiger partial charge in [0.05, 0.1) is 11.4 Å². The number of anilines is 1. The fourth-order valence-electron chi connectivity index (χ4n) is 3.02. The molecule has 3 rings (SSSR count). The number of nitrogens with one attached hydrogen (secondary N) is 1. The molecule has 1 saturated heterocycles. The van der Waals surface area contributed by atoms with Crippen LogP contribution >= 0.6 is 11.3 Å². The predicted octanol–water partition coefficient (Wildman–Crippen LogP) is 3.27. The normalized spacial score (nSPS) is 15.3. The maximum atomic E-state index is 12.3. The monoisotopic (exact) mass is 371 g/mol. The highest BCUT2D eigenvalue weighted by atomic mass is 32.1. The van der Waals surface area contributed by atoms with Crippen LogP contribution in [0.25, 0.3) is 0 Å². The molecule has 138 valence electrons. The molecule has 6 heteroatoms. The zero-order chi connectivity index (χ0) is 18.5. The Hall–Kier alpha value is -2.18. The first-order chi connectivity index (χ1) is 12.5. The van der Waals surface area contributed by atoms with E-state index >= 15 is 0 Å². The van der Waals surface area contributed by atoms with E-state index in [0.717, 1.165) is 23.7 Å². The third-order valence-electron chi connectivity index (χ3n) is 4.62. The number of rotatable bonds is 5. The average Bonchev–Trinajstić information content (AvgIpc) is 3.17. The van der Waals surface area contributed by atoms with Gasteiger partial charge in [-0.1, -0.05) is 32.0 Å². The molecule has 0 aliphatic carbocycles. The summed E-state index contributed by atoms with van der Waals surface area (Å²) in [6.07, 6.45) is 0. The highest BCUT2D eigenvalue weighted by Crippen LogP contribution is 2.17. The van der Waals surface area contributed by atoms with E-state index in [1.165, 1.54) is 16.9 Å². The average molecular weight is 372 g/mol. The van der Waals surface area contributed by atoms with Gasteiger partial charge in [-0.05, 0) is 35.1 Å². The van der Waals surface area contributed by atoms with Gasteiger partial charge in [0.1, 0.15) is 0 Å². The van der Waals surface area contributed by atoms with E-state index < -0.39 is 0 Å². The predicted molar refractivity (Wildman–Crippen MR) is 106 cm³/mol. The highest BCUT2D eigenvalue weighted by molar-refractivity contribution is 7.12. The van der Waals surface area contributed by atoms with Crippen LogP contribution in [0.4, 0.5) is 5.69 Å². The maximum absolute atomic E-state index is 12.3. The van der Waals surface area contributed by atoms with E-state index in [9.17, 15) is 9.59 Å². The van der Waals surface area contributed by atoms with E-state index in [0.29, 0.717) is 25.6 Å². The van der Waals surface area contributed by atoms with Crippen molar-refractivity contribution in [1.82, 2.24) is 9.80 Å². The van der Waals surface area contributed by atoms with Gasteiger partial charge in [-0.25, -0.2) is 0 Å². The van der Waals surface area contributed by atoms with Crippen LogP contribution in [-0.2, 0) is 4.79 Å². The molecule has 0 bridgehead atoms. The smallest absolute Gasteiger partial charge is 0.264 e. The Balaban J connectivity index is 1.45. The van der Waals surface area contributed by atoms with E-state index in [-0.39, 0.29) is 11.8 Å². The molecule has 0 spiro atoms. The summed E-state index contributed by atoms with van der Waals surface area (Å²) in [7, 11) is 0. The molecule has 1 fully saturated rings. The molecule has 2 heterocycles. The third kappa shape index (κ3) is 4.71. The number of carbonyl (C=O) groups excluding carboxylic acids is 2. The van der Waals surface area contributed by atoms with Crippen LogP contribution in [0.3, 0.4) is 0 Å². The fourth-order valence-corrected chi connectivity index (χ4v) is 3.71. The van der Waals surface area contributed by atoms with Crippen LogP contribution < -0.4 is 5.32 Å². The lowest BCUT2D eigenvalue weighted by Gasteiger charge is -2.34. The van der Waals surface area contributed by atoms with Crippen molar-refractivity contribution in [2.45, 2.75) is 19.8 Å². The number of benzene rings is 1. The van der Waals surface area contributed by atoms with E-state index in [2.05, 4.69) is 36.2 Å². The minimum atomic E-state index is -0.0136. The second-order valence-electron chi connectivity index (χ2n) is 6.87. The summed E-state index contributed by atoms with van der Waals surface area (Å²) in [5, 5.41) is 4.87. The van der Waals surface area contributed by atoms with Crippen molar-refractivity contribution in [1.29, 1.82) is 0 Å². The third-order valence-corrected chi connectivity index (χ3v) is 5.48. The number of nitrogens with zero attached hydrogens (tertiary/aromatic N) is 2. The van der Waals surface area contributed by atoms with Crippen molar-refractivity contribution < 1.29 is 9.59 Å². The van der Waals surface area contributed by atoms with Gasteiger partial charge in [-0.3, -0.25) is 14.5 Å². The molecule has 0 saturated carbocycles. The molecule has 1 aliphatic rings. The molecule has 2 amide bonds. The van der Waals surface area contributed by atoms with Gasteiger partial charge in [0.25, 0.3) is 5.91 Å². The van der Waals surface area contributed by atoms with Crippen molar-refractivity contribution in [3.8, 4) is 0 Å². The van der Waals surface area contributed by atoms with Crippen LogP contribution in [0.2, 0.25) is 0 Å². The first-order valence-electron chi connectivity index (χ1n) is 8.98. The summed E-state index contributed by atoms with van der Waals surface area (Å²) in [6.45, 7) is 7.41. The molecule has 1 aliphatic heterocycles. The Bertz CT molecular complexity index is 733. The SMILES string of the molecule is CC(C)c1ccc(NC(=O)CN2CCN(C(=O)c3cccs3)CC2)cc1. The molecular formula is C20H25N3O2S. The number of hydrogen-bond donors (Lipinski definition) is 1. The van der Waals surface area contributed by atoms with Crippen molar-refractivity contribution >= 4 is 28.8 Å². The fraction of sp³-hybridized carbons (Fsp3) is 0.400. The molecular weight excluding hydrogens is 346 g/mol. The summed E-state index contributed by atoms with van der Waals surface area (Å²) in [4.78, 5) is 29.4. The molecule has 1 N–H and O–H groups in total. The topological polar surface area (TPSA) is 52.7 Å². The molecule has 2 aromatic rings. The number of piperazine rings is 1. The zero-order valence-electron chi connectivity index (χ0n) is 15.3. The molecule has 26 heavy (non-hydrogen) atoms. The first kappa shape index (κ1) is 18.6. The molecule has 5 nitrogen and oxygen atoms in total. The standard InChI is InChI=1S/C20H25N3O2S/c1-15(2)16-5-7-17(8-6-16)21-19(24)14-22-9-11-23(12-10-22)20(25)18-4-3-13-26-18/h3-8,13,15H,9-12,14H2,1-2H3,(H,21,24). The molecule has 0 unspecified atom stereocenters. The van der Waals surface area contributed by atoms with Gasteiger partial charge >= 0.3 is 0 Å². The van der Waals surface area contributed by atoms with E-state index in [1.54, 1.807) is 0 Å². The van der Waals surface area contributed by atoms with Gasteiger partial charge in [-0.2, -0.15) is 0 Å². The molecule has 0 atom stereocenters. The van der Waals surface area contributed by atoms with E-state index in [1.807, 2.05) is 34.5 Å². The largest absolute Gasteiger partial charge is 0.335 e. The van der Waals surface area contributed by atoms with Gasteiger partial charge in [0.2, 0.25) is 5.91 Å². The van der Waals surface area contributed by atoms with Crippen LogP contribution in [0.1, 0.15) is 35.0 Å². The maximum Gasteiger partial charge on any atom is 0.264 e. The second kappa shape index (κ2) is 8.47. The number of hydrogen-bond acceptors (Lipinski definition) is 4. The molecule has 0 radical (unpaired) electrons. The number of amides is 2. The number of thiophene rings is 1. The first-order valence-corrected chi connectivity index (χ1v) is 9.86. The van der Waals surface area contributed by atoms with Gasteiger partial charge in [-0.15, -0.1) is 11.3 Å². The summed E-state index contributed by atoms with van der Waals surface area (Å²) in [6, 6.07) is 11.8. The van der Waals surface area contributed by atoms with Crippen molar-refractivity contribution in [2.75, 3.05) is 38.0 Å².